The van der Waals surface area contributed by atoms with E-state index in [2.05, 4.69) is 20.8 Å². The van der Waals surface area contributed by atoms with Crippen LogP contribution in [-0.4, -0.2) is 6.04 Å². The Kier molecular flexibility index (Phi) is 3.57. The molecule has 1 aliphatic carbocycles. The van der Waals surface area contributed by atoms with Gasteiger partial charge in [-0.1, -0.05) is 13.8 Å². The van der Waals surface area contributed by atoms with E-state index in [0.717, 1.165) is 17.8 Å². The molecule has 2 N–H and O–H groups in total. The quantitative estimate of drug-likeness (QED) is 0.688. The highest BCUT2D eigenvalue weighted by Crippen LogP contribution is 2.40. The third kappa shape index (κ3) is 3.14. The largest absolute Gasteiger partial charge is 0.328 e. The summed E-state index contributed by atoms with van der Waals surface area (Å²) in [7, 11) is 0. The summed E-state index contributed by atoms with van der Waals surface area (Å²) in [5.41, 5.74) is 5.75. The lowest BCUT2D eigenvalue weighted by Crippen LogP contribution is -2.30. The van der Waals surface area contributed by atoms with Crippen molar-refractivity contribution < 1.29 is 0 Å². The van der Waals surface area contributed by atoms with Gasteiger partial charge in [-0.05, 0) is 50.4 Å². The zero-order valence-electron chi connectivity index (χ0n) is 8.72. The van der Waals surface area contributed by atoms with Crippen LogP contribution >= 0.6 is 0 Å². The van der Waals surface area contributed by atoms with Crippen molar-refractivity contribution in [3.05, 3.63) is 0 Å². The molecular weight excluding hydrogens is 146 g/mol. The first-order valence-corrected chi connectivity index (χ1v) is 5.33. The second-order valence-electron chi connectivity index (χ2n) is 5.05. The van der Waals surface area contributed by atoms with E-state index >= 15 is 0 Å². The average Bonchev–Trinajstić information content (AvgIpc) is 1.80. The molecule has 0 heterocycles. The summed E-state index contributed by atoms with van der Waals surface area (Å²) >= 11 is 0. The van der Waals surface area contributed by atoms with E-state index < -0.39 is 0 Å². The third-order valence-electron chi connectivity index (χ3n) is 2.84. The van der Waals surface area contributed by atoms with Crippen LogP contribution in [0.25, 0.3) is 0 Å². The van der Waals surface area contributed by atoms with Crippen LogP contribution in [0.2, 0.25) is 0 Å². The van der Waals surface area contributed by atoms with Gasteiger partial charge < -0.3 is 5.73 Å². The fraction of sp³-hybridized carbons (Fsp3) is 1.00. The van der Waals surface area contributed by atoms with Crippen LogP contribution in [0.5, 0.6) is 0 Å². The summed E-state index contributed by atoms with van der Waals surface area (Å²) in [6, 6.07) is 0.412. The molecular formula is C11H23N. The van der Waals surface area contributed by atoms with Crippen LogP contribution in [-0.2, 0) is 0 Å². The second-order valence-corrected chi connectivity index (χ2v) is 5.05. The van der Waals surface area contributed by atoms with Crippen molar-refractivity contribution in [1.82, 2.24) is 0 Å². The molecule has 0 aromatic carbocycles. The maximum Gasteiger partial charge on any atom is 0.00131 e. The summed E-state index contributed by atoms with van der Waals surface area (Å²) in [4.78, 5) is 0. The normalized spacial score (nSPS) is 31.8. The van der Waals surface area contributed by atoms with E-state index in [9.17, 15) is 0 Å². The van der Waals surface area contributed by atoms with Crippen LogP contribution in [0.15, 0.2) is 0 Å². The van der Waals surface area contributed by atoms with Crippen LogP contribution in [0, 0.1) is 17.8 Å². The van der Waals surface area contributed by atoms with E-state index in [-0.39, 0.29) is 0 Å². The molecule has 1 nitrogen and oxygen atoms in total. The fourth-order valence-electron chi connectivity index (χ4n) is 2.45. The van der Waals surface area contributed by atoms with Crippen LogP contribution < -0.4 is 5.73 Å². The maximum atomic E-state index is 5.75. The minimum atomic E-state index is 0.412. The molecule has 1 aliphatic rings. The van der Waals surface area contributed by atoms with Gasteiger partial charge >= 0.3 is 0 Å². The van der Waals surface area contributed by atoms with Crippen molar-refractivity contribution in [3.8, 4) is 0 Å². The third-order valence-corrected chi connectivity index (χ3v) is 2.84. The first-order chi connectivity index (χ1) is 5.58. The Hall–Kier alpha value is -0.0400. The van der Waals surface area contributed by atoms with Crippen molar-refractivity contribution >= 4 is 0 Å². The fourth-order valence-corrected chi connectivity index (χ4v) is 2.45. The zero-order valence-corrected chi connectivity index (χ0v) is 8.72. The molecule has 0 radical (unpaired) electrons. The summed E-state index contributed by atoms with van der Waals surface area (Å²) in [6.07, 6.45) is 5.56. The van der Waals surface area contributed by atoms with Crippen LogP contribution in [0.1, 0.15) is 46.5 Å². The summed E-state index contributed by atoms with van der Waals surface area (Å²) in [6.45, 7) is 6.76. The van der Waals surface area contributed by atoms with Gasteiger partial charge in [-0.25, -0.2) is 0 Å². The molecule has 1 unspecified atom stereocenters. The molecule has 1 saturated carbocycles. The minimum absolute atomic E-state index is 0.412. The van der Waals surface area contributed by atoms with E-state index in [0.29, 0.717) is 6.04 Å². The second kappa shape index (κ2) is 4.27. The van der Waals surface area contributed by atoms with Gasteiger partial charge in [0.1, 0.15) is 0 Å². The molecule has 0 bridgehead atoms. The predicted octanol–water partition coefficient (Wildman–Crippen LogP) is 2.80. The standard InChI is InChI=1S/C11H23N/c1-8(2)4-10-6-11(7-10)5-9(3)12/h8-11H,4-7,12H2,1-3H3. The Morgan fingerprint density at radius 2 is 1.58 bits per heavy atom. The molecule has 0 aliphatic heterocycles. The van der Waals surface area contributed by atoms with Gasteiger partial charge in [-0.3, -0.25) is 0 Å². The van der Waals surface area contributed by atoms with Crippen LogP contribution in [0.3, 0.4) is 0 Å². The molecule has 1 rings (SSSR count). The van der Waals surface area contributed by atoms with Crippen molar-refractivity contribution in [3.63, 3.8) is 0 Å². The van der Waals surface area contributed by atoms with Gasteiger partial charge in [0, 0.05) is 6.04 Å². The molecule has 1 heteroatoms. The topological polar surface area (TPSA) is 26.0 Å². The molecule has 0 aromatic rings. The predicted molar refractivity (Wildman–Crippen MR) is 53.9 cm³/mol. The van der Waals surface area contributed by atoms with Crippen molar-refractivity contribution in [2.24, 2.45) is 23.5 Å². The highest BCUT2D eigenvalue weighted by atomic mass is 14.6. The molecule has 1 atom stereocenters. The lowest BCUT2D eigenvalue weighted by atomic mass is 9.69. The minimum Gasteiger partial charge on any atom is -0.328 e. The Labute approximate surface area is 76.7 Å². The highest BCUT2D eigenvalue weighted by molar-refractivity contribution is 4.81. The van der Waals surface area contributed by atoms with Crippen LogP contribution in [0.4, 0.5) is 0 Å². The van der Waals surface area contributed by atoms with Gasteiger partial charge in [0.2, 0.25) is 0 Å². The SMILES string of the molecule is CC(C)CC1CC(CC(C)N)C1. The van der Waals surface area contributed by atoms with Crippen molar-refractivity contribution in [1.29, 1.82) is 0 Å². The summed E-state index contributed by atoms with van der Waals surface area (Å²) in [5, 5.41) is 0. The van der Waals surface area contributed by atoms with E-state index in [1.165, 1.54) is 25.7 Å². The van der Waals surface area contributed by atoms with Gasteiger partial charge in [0.15, 0.2) is 0 Å². The van der Waals surface area contributed by atoms with Gasteiger partial charge in [-0.15, -0.1) is 0 Å². The van der Waals surface area contributed by atoms with Gasteiger partial charge in [-0.2, -0.15) is 0 Å². The lowest BCUT2D eigenvalue weighted by molar-refractivity contribution is 0.150. The van der Waals surface area contributed by atoms with Gasteiger partial charge in [0.25, 0.3) is 0 Å². The van der Waals surface area contributed by atoms with Gasteiger partial charge in [0.05, 0.1) is 0 Å². The van der Waals surface area contributed by atoms with E-state index in [1.807, 2.05) is 0 Å². The summed E-state index contributed by atoms with van der Waals surface area (Å²) < 4.78 is 0. The number of nitrogens with two attached hydrogens (primary N) is 1. The number of rotatable bonds is 4. The van der Waals surface area contributed by atoms with E-state index in [1.54, 1.807) is 0 Å². The van der Waals surface area contributed by atoms with Crippen molar-refractivity contribution in [2.75, 3.05) is 0 Å². The highest BCUT2D eigenvalue weighted by Gasteiger charge is 2.29. The Balaban J connectivity index is 2.04. The average molecular weight is 169 g/mol. The molecule has 1 fully saturated rings. The smallest absolute Gasteiger partial charge is 0.00131 e. The summed E-state index contributed by atoms with van der Waals surface area (Å²) in [5.74, 6) is 2.86. The lowest BCUT2D eigenvalue weighted by Gasteiger charge is -2.37. The molecule has 72 valence electrons. The molecule has 0 aromatic heterocycles. The molecule has 0 amide bonds. The first-order valence-electron chi connectivity index (χ1n) is 5.33. The van der Waals surface area contributed by atoms with Crippen molar-refractivity contribution in [2.45, 2.75) is 52.5 Å². The number of hydrogen-bond acceptors (Lipinski definition) is 1. The number of hydrogen-bond donors (Lipinski definition) is 1. The zero-order chi connectivity index (χ0) is 9.14. The molecule has 0 spiro atoms. The Morgan fingerprint density at radius 3 is 2.00 bits per heavy atom. The first kappa shape index (κ1) is 10.0. The Bertz CT molecular complexity index is 109. The maximum absolute atomic E-state index is 5.75. The Morgan fingerprint density at radius 1 is 1.08 bits per heavy atom. The molecule has 12 heavy (non-hydrogen) atoms. The molecule has 0 saturated heterocycles. The monoisotopic (exact) mass is 169 g/mol. The van der Waals surface area contributed by atoms with E-state index in [4.69, 9.17) is 5.73 Å².